The van der Waals surface area contributed by atoms with E-state index in [2.05, 4.69) is 36.9 Å². The Hall–Kier alpha value is -1.39. The van der Waals surface area contributed by atoms with Gasteiger partial charge in [0.05, 0.1) is 12.0 Å². The molecule has 2 atom stereocenters. The Kier molecular flexibility index (Phi) is 4.22. The summed E-state index contributed by atoms with van der Waals surface area (Å²) in [4.78, 5) is 13.1. The van der Waals surface area contributed by atoms with Gasteiger partial charge in [0, 0.05) is 13.1 Å². The molecule has 4 heteroatoms. The second-order valence-corrected chi connectivity index (χ2v) is 5.45. The normalized spacial score (nSPS) is 24.4. The SMILES string of the molecule is Cc1ccc(CN2CC[C@H](C(=O)O)[C@H](O)C2)cc1C. The maximum atomic E-state index is 10.9. The number of likely N-dealkylation sites (tertiary alicyclic amines) is 1. The molecule has 0 spiro atoms. The van der Waals surface area contributed by atoms with E-state index in [0.29, 0.717) is 13.0 Å². The fraction of sp³-hybridized carbons (Fsp3) is 0.533. The summed E-state index contributed by atoms with van der Waals surface area (Å²) in [5, 5.41) is 18.8. The number of benzene rings is 1. The Balaban J connectivity index is 1.98. The van der Waals surface area contributed by atoms with Crippen molar-refractivity contribution in [3.8, 4) is 0 Å². The third-order valence-electron chi connectivity index (χ3n) is 3.96. The van der Waals surface area contributed by atoms with Gasteiger partial charge < -0.3 is 10.2 Å². The largest absolute Gasteiger partial charge is 0.481 e. The van der Waals surface area contributed by atoms with Crippen LogP contribution in [-0.4, -0.2) is 40.3 Å². The highest BCUT2D eigenvalue weighted by atomic mass is 16.4. The quantitative estimate of drug-likeness (QED) is 0.869. The molecule has 0 unspecified atom stereocenters. The fourth-order valence-corrected chi connectivity index (χ4v) is 2.59. The first-order valence-electron chi connectivity index (χ1n) is 6.66. The second-order valence-electron chi connectivity index (χ2n) is 5.45. The summed E-state index contributed by atoms with van der Waals surface area (Å²) in [5.74, 6) is -1.51. The lowest BCUT2D eigenvalue weighted by Gasteiger charge is -2.34. The molecule has 104 valence electrons. The number of carbonyl (C=O) groups is 1. The Morgan fingerprint density at radius 2 is 2.11 bits per heavy atom. The minimum Gasteiger partial charge on any atom is -0.481 e. The van der Waals surface area contributed by atoms with Gasteiger partial charge in [-0.2, -0.15) is 0 Å². The number of rotatable bonds is 3. The van der Waals surface area contributed by atoms with Crippen molar-refractivity contribution in [3.63, 3.8) is 0 Å². The third kappa shape index (κ3) is 3.33. The number of β-amino-alcohol motifs (C(OH)–C–C–N with tert-alkyl or cyclic N) is 1. The summed E-state index contributed by atoms with van der Waals surface area (Å²) in [6, 6.07) is 6.36. The molecule has 4 nitrogen and oxygen atoms in total. The van der Waals surface area contributed by atoms with Crippen LogP contribution in [0.25, 0.3) is 0 Å². The van der Waals surface area contributed by atoms with Crippen LogP contribution in [0.4, 0.5) is 0 Å². The van der Waals surface area contributed by atoms with Crippen molar-refractivity contribution in [3.05, 3.63) is 34.9 Å². The van der Waals surface area contributed by atoms with Gasteiger partial charge in [-0.25, -0.2) is 0 Å². The molecule has 2 N–H and O–H groups in total. The van der Waals surface area contributed by atoms with Crippen molar-refractivity contribution in [1.29, 1.82) is 0 Å². The molecular formula is C15H21NO3. The highest BCUT2D eigenvalue weighted by Crippen LogP contribution is 2.20. The number of aryl methyl sites for hydroxylation is 2. The molecule has 1 aliphatic heterocycles. The first-order valence-corrected chi connectivity index (χ1v) is 6.66. The number of aliphatic hydroxyl groups is 1. The van der Waals surface area contributed by atoms with Crippen molar-refractivity contribution in [1.82, 2.24) is 4.90 Å². The lowest BCUT2D eigenvalue weighted by atomic mass is 9.93. The first kappa shape index (κ1) is 14.0. The summed E-state index contributed by atoms with van der Waals surface area (Å²) in [6.45, 7) is 6.10. The highest BCUT2D eigenvalue weighted by molar-refractivity contribution is 5.70. The number of aliphatic carboxylic acids is 1. The van der Waals surface area contributed by atoms with Gasteiger partial charge in [-0.05, 0) is 43.5 Å². The zero-order valence-corrected chi connectivity index (χ0v) is 11.5. The number of hydrogen-bond acceptors (Lipinski definition) is 3. The summed E-state index contributed by atoms with van der Waals surface area (Å²) in [5.41, 5.74) is 3.75. The number of carboxylic acids is 1. The zero-order chi connectivity index (χ0) is 14.0. The zero-order valence-electron chi connectivity index (χ0n) is 11.5. The Morgan fingerprint density at radius 1 is 1.37 bits per heavy atom. The van der Waals surface area contributed by atoms with Crippen molar-refractivity contribution in [2.24, 2.45) is 5.92 Å². The monoisotopic (exact) mass is 263 g/mol. The lowest BCUT2D eigenvalue weighted by Crippen LogP contribution is -2.46. The van der Waals surface area contributed by atoms with E-state index in [1.165, 1.54) is 16.7 Å². The van der Waals surface area contributed by atoms with Gasteiger partial charge in [0.25, 0.3) is 0 Å². The summed E-state index contributed by atoms with van der Waals surface area (Å²) in [7, 11) is 0. The maximum Gasteiger partial charge on any atom is 0.309 e. The minimum absolute atomic E-state index is 0.434. The minimum atomic E-state index is -0.890. The number of aliphatic hydroxyl groups excluding tert-OH is 1. The standard InChI is InChI=1S/C15H21NO3/c1-10-3-4-12(7-11(10)2)8-16-6-5-13(15(18)19)14(17)9-16/h3-4,7,13-14,17H,5-6,8-9H2,1-2H3,(H,18,19)/t13-,14+/m0/s1. The summed E-state index contributed by atoms with van der Waals surface area (Å²) < 4.78 is 0. The van der Waals surface area contributed by atoms with E-state index in [-0.39, 0.29) is 0 Å². The van der Waals surface area contributed by atoms with Gasteiger partial charge >= 0.3 is 5.97 Å². The fourth-order valence-electron chi connectivity index (χ4n) is 2.59. The predicted octanol–water partition coefficient (Wildman–Crippen LogP) is 1.57. The van der Waals surface area contributed by atoms with Crippen LogP contribution >= 0.6 is 0 Å². The second kappa shape index (κ2) is 5.72. The van der Waals surface area contributed by atoms with Gasteiger partial charge in [0.15, 0.2) is 0 Å². The molecule has 0 saturated carbocycles. The van der Waals surface area contributed by atoms with Gasteiger partial charge in [0.1, 0.15) is 0 Å². The molecule has 1 saturated heterocycles. The maximum absolute atomic E-state index is 10.9. The first-order chi connectivity index (χ1) is 8.97. The van der Waals surface area contributed by atoms with E-state index in [1.54, 1.807) is 0 Å². The van der Waals surface area contributed by atoms with Gasteiger partial charge in [-0.1, -0.05) is 18.2 Å². The van der Waals surface area contributed by atoms with Gasteiger partial charge in [0.2, 0.25) is 0 Å². The molecule has 1 aromatic rings. The Labute approximate surface area is 113 Å². The average molecular weight is 263 g/mol. The summed E-state index contributed by atoms with van der Waals surface area (Å²) in [6.07, 6.45) is -0.251. The molecule has 0 bridgehead atoms. The van der Waals surface area contributed by atoms with Crippen LogP contribution in [0.5, 0.6) is 0 Å². The molecule has 0 radical (unpaired) electrons. The Bertz CT molecular complexity index is 472. The molecule has 19 heavy (non-hydrogen) atoms. The van der Waals surface area contributed by atoms with Crippen molar-refractivity contribution >= 4 is 5.97 Å². The van der Waals surface area contributed by atoms with Gasteiger partial charge in [-0.3, -0.25) is 9.69 Å². The van der Waals surface area contributed by atoms with Crippen molar-refractivity contribution < 1.29 is 15.0 Å². The number of carboxylic acid groups (broad SMARTS) is 1. The highest BCUT2D eigenvalue weighted by Gasteiger charge is 2.32. The van der Waals surface area contributed by atoms with Crippen LogP contribution in [0.15, 0.2) is 18.2 Å². The van der Waals surface area contributed by atoms with Crippen LogP contribution in [0.2, 0.25) is 0 Å². The third-order valence-corrected chi connectivity index (χ3v) is 3.96. The van der Waals surface area contributed by atoms with E-state index >= 15 is 0 Å². The molecular weight excluding hydrogens is 242 g/mol. The van der Waals surface area contributed by atoms with E-state index in [0.717, 1.165) is 13.1 Å². The topological polar surface area (TPSA) is 60.8 Å². The molecule has 0 aromatic heterocycles. The Morgan fingerprint density at radius 3 is 2.68 bits per heavy atom. The molecule has 2 rings (SSSR count). The smallest absolute Gasteiger partial charge is 0.309 e. The van der Waals surface area contributed by atoms with Crippen LogP contribution in [0, 0.1) is 19.8 Å². The van der Waals surface area contributed by atoms with Crippen LogP contribution in [0.1, 0.15) is 23.1 Å². The van der Waals surface area contributed by atoms with Crippen LogP contribution in [-0.2, 0) is 11.3 Å². The van der Waals surface area contributed by atoms with E-state index in [9.17, 15) is 9.90 Å². The lowest BCUT2D eigenvalue weighted by molar-refractivity contribution is -0.148. The van der Waals surface area contributed by atoms with E-state index < -0.39 is 18.0 Å². The van der Waals surface area contributed by atoms with E-state index in [1.807, 2.05) is 0 Å². The molecule has 0 amide bonds. The molecule has 1 fully saturated rings. The van der Waals surface area contributed by atoms with E-state index in [4.69, 9.17) is 5.11 Å². The number of nitrogens with zero attached hydrogens (tertiary/aromatic N) is 1. The molecule has 0 aliphatic carbocycles. The molecule has 1 aromatic carbocycles. The molecule has 1 aliphatic rings. The number of piperidine rings is 1. The average Bonchev–Trinajstić information content (AvgIpc) is 2.33. The predicted molar refractivity (Wildman–Crippen MR) is 72.9 cm³/mol. The summed E-state index contributed by atoms with van der Waals surface area (Å²) >= 11 is 0. The molecule has 1 heterocycles. The number of hydrogen-bond donors (Lipinski definition) is 2. The van der Waals surface area contributed by atoms with Gasteiger partial charge in [-0.15, -0.1) is 0 Å². The van der Waals surface area contributed by atoms with Crippen molar-refractivity contribution in [2.75, 3.05) is 13.1 Å². The van der Waals surface area contributed by atoms with Crippen LogP contribution in [0.3, 0.4) is 0 Å². The van der Waals surface area contributed by atoms with Crippen LogP contribution < -0.4 is 0 Å². The van der Waals surface area contributed by atoms with Crippen molar-refractivity contribution in [2.45, 2.75) is 32.9 Å².